The van der Waals surface area contributed by atoms with E-state index >= 15 is 0 Å². The number of nitrogens with zero attached hydrogens (tertiary/aromatic N) is 4. The van der Waals surface area contributed by atoms with Gasteiger partial charge >= 0.3 is 0 Å². The van der Waals surface area contributed by atoms with E-state index in [1.54, 1.807) is 6.07 Å². The molecule has 2 aromatic rings. The molecule has 1 saturated heterocycles. The molecule has 6 heteroatoms. The minimum absolute atomic E-state index is 0.370. The van der Waals surface area contributed by atoms with Crippen molar-refractivity contribution in [3.63, 3.8) is 0 Å². The zero-order chi connectivity index (χ0) is 17.1. The Balaban J connectivity index is 1.62. The van der Waals surface area contributed by atoms with Crippen molar-refractivity contribution in [1.29, 1.82) is 0 Å². The van der Waals surface area contributed by atoms with E-state index in [1.165, 1.54) is 12.8 Å². The fourth-order valence-corrected chi connectivity index (χ4v) is 3.50. The highest BCUT2D eigenvalue weighted by Gasteiger charge is 2.21. The smallest absolute Gasteiger partial charge is 0.248 e. The lowest BCUT2D eigenvalue weighted by Gasteiger charge is -2.32. The molecule has 1 aromatic carbocycles. The molecule has 1 aliphatic rings. The first kappa shape index (κ1) is 16.6. The third kappa shape index (κ3) is 4.00. The quantitative estimate of drug-likeness (QED) is 0.910. The van der Waals surface area contributed by atoms with Gasteiger partial charge in [-0.15, -0.1) is 0 Å². The third-order valence-corrected chi connectivity index (χ3v) is 4.61. The predicted molar refractivity (Wildman–Crippen MR) is 92.5 cm³/mol. The van der Waals surface area contributed by atoms with Gasteiger partial charge in [0.05, 0.1) is 0 Å². The SMILES string of the molecule is Cc1nc(C)n(C[C@H]2CCCN(Cc3cccc(C(N)=O)c3)C2)n1. The first-order chi connectivity index (χ1) is 11.5. The van der Waals surface area contributed by atoms with Crippen molar-refractivity contribution in [1.82, 2.24) is 19.7 Å². The van der Waals surface area contributed by atoms with Crippen LogP contribution in [0.25, 0.3) is 0 Å². The van der Waals surface area contributed by atoms with E-state index in [0.29, 0.717) is 11.5 Å². The van der Waals surface area contributed by atoms with Gasteiger partial charge in [-0.2, -0.15) is 5.10 Å². The van der Waals surface area contributed by atoms with Gasteiger partial charge in [0, 0.05) is 25.2 Å². The number of carbonyl (C=O) groups is 1. The van der Waals surface area contributed by atoms with Crippen molar-refractivity contribution in [2.75, 3.05) is 13.1 Å². The molecule has 0 saturated carbocycles. The molecule has 3 rings (SSSR count). The number of carbonyl (C=O) groups excluding carboxylic acids is 1. The van der Waals surface area contributed by atoms with E-state index in [-0.39, 0.29) is 5.91 Å². The van der Waals surface area contributed by atoms with Crippen LogP contribution in [0.2, 0.25) is 0 Å². The lowest BCUT2D eigenvalue weighted by atomic mass is 9.97. The molecule has 1 aromatic heterocycles. The van der Waals surface area contributed by atoms with E-state index in [2.05, 4.69) is 21.0 Å². The van der Waals surface area contributed by atoms with Crippen molar-refractivity contribution in [2.45, 2.75) is 39.8 Å². The Morgan fingerprint density at radius 3 is 2.92 bits per heavy atom. The standard InChI is InChI=1S/C18H25N5O/c1-13-20-14(2)23(21-13)12-16-6-4-8-22(11-16)10-15-5-3-7-17(9-15)18(19)24/h3,5,7,9,16H,4,6,8,10-12H2,1-2H3,(H2,19,24)/t16-/m0/s1. The molecule has 1 aliphatic heterocycles. The van der Waals surface area contributed by atoms with Gasteiger partial charge in [0.1, 0.15) is 11.6 Å². The van der Waals surface area contributed by atoms with E-state index < -0.39 is 0 Å². The monoisotopic (exact) mass is 327 g/mol. The summed E-state index contributed by atoms with van der Waals surface area (Å²) in [6.45, 7) is 7.85. The van der Waals surface area contributed by atoms with Crippen molar-refractivity contribution in [2.24, 2.45) is 11.7 Å². The van der Waals surface area contributed by atoms with Crippen LogP contribution in [0.5, 0.6) is 0 Å². The summed E-state index contributed by atoms with van der Waals surface area (Å²) in [5.41, 5.74) is 7.09. The number of hydrogen-bond acceptors (Lipinski definition) is 4. The third-order valence-electron chi connectivity index (χ3n) is 4.61. The lowest BCUT2D eigenvalue weighted by molar-refractivity contribution is 0.1000. The maximum Gasteiger partial charge on any atom is 0.248 e. The second-order valence-corrected chi connectivity index (χ2v) is 6.70. The van der Waals surface area contributed by atoms with Crippen molar-refractivity contribution in [3.05, 3.63) is 47.0 Å². The van der Waals surface area contributed by atoms with Crippen LogP contribution in [-0.4, -0.2) is 38.7 Å². The van der Waals surface area contributed by atoms with Gasteiger partial charge in [0.25, 0.3) is 0 Å². The second-order valence-electron chi connectivity index (χ2n) is 6.70. The summed E-state index contributed by atoms with van der Waals surface area (Å²) in [4.78, 5) is 18.2. The molecule has 0 aliphatic carbocycles. The summed E-state index contributed by atoms with van der Waals surface area (Å²) in [5, 5.41) is 4.48. The maximum absolute atomic E-state index is 11.3. The van der Waals surface area contributed by atoms with E-state index in [4.69, 9.17) is 5.73 Å². The van der Waals surface area contributed by atoms with Crippen LogP contribution in [0.4, 0.5) is 0 Å². The predicted octanol–water partition coefficient (Wildman–Crippen LogP) is 1.91. The number of piperidine rings is 1. The normalized spacial score (nSPS) is 18.7. The van der Waals surface area contributed by atoms with Crippen LogP contribution >= 0.6 is 0 Å². The molecule has 2 heterocycles. The minimum atomic E-state index is -0.370. The molecule has 0 unspecified atom stereocenters. The summed E-state index contributed by atoms with van der Waals surface area (Å²) in [6.07, 6.45) is 2.41. The van der Waals surface area contributed by atoms with Gasteiger partial charge in [-0.05, 0) is 56.8 Å². The summed E-state index contributed by atoms with van der Waals surface area (Å²) < 4.78 is 2.03. The summed E-state index contributed by atoms with van der Waals surface area (Å²) in [5.74, 6) is 2.03. The van der Waals surface area contributed by atoms with Crippen molar-refractivity contribution >= 4 is 5.91 Å². The average Bonchev–Trinajstić information content (AvgIpc) is 2.85. The number of amides is 1. The van der Waals surface area contributed by atoms with Crippen LogP contribution in [0.15, 0.2) is 24.3 Å². The molecule has 1 fully saturated rings. The number of hydrogen-bond donors (Lipinski definition) is 1. The largest absolute Gasteiger partial charge is 0.366 e. The fourth-order valence-electron chi connectivity index (χ4n) is 3.50. The number of nitrogens with two attached hydrogens (primary N) is 1. The number of primary amides is 1. The fraction of sp³-hybridized carbons (Fsp3) is 0.500. The van der Waals surface area contributed by atoms with Crippen LogP contribution in [-0.2, 0) is 13.1 Å². The first-order valence-corrected chi connectivity index (χ1v) is 8.50. The zero-order valence-corrected chi connectivity index (χ0v) is 14.4. The zero-order valence-electron chi connectivity index (χ0n) is 14.4. The van der Waals surface area contributed by atoms with Gasteiger partial charge in [0.2, 0.25) is 5.91 Å². The second kappa shape index (κ2) is 7.13. The molecule has 1 amide bonds. The molecule has 1 atom stereocenters. The molecule has 128 valence electrons. The Hall–Kier alpha value is -2.21. The summed E-state index contributed by atoms with van der Waals surface area (Å²) in [7, 11) is 0. The highest BCUT2D eigenvalue weighted by atomic mass is 16.1. The summed E-state index contributed by atoms with van der Waals surface area (Å²) in [6, 6.07) is 7.62. The van der Waals surface area contributed by atoms with Crippen LogP contribution < -0.4 is 5.73 Å². The van der Waals surface area contributed by atoms with Crippen LogP contribution in [0, 0.1) is 19.8 Å². The first-order valence-electron chi connectivity index (χ1n) is 8.50. The Labute approximate surface area is 142 Å². The maximum atomic E-state index is 11.3. The van der Waals surface area contributed by atoms with Crippen molar-refractivity contribution in [3.8, 4) is 0 Å². The van der Waals surface area contributed by atoms with E-state index in [9.17, 15) is 4.79 Å². The number of benzene rings is 1. The lowest BCUT2D eigenvalue weighted by Crippen LogP contribution is -2.36. The Kier molecular flexibility index (Phi) is 4.94. The van der Waals surface area contributed by atoms with Crippen LogP contribution in [0.1, 0.15) is 40.4 Å². The molecule has 6 nitrogen and oxygen atoms in total. The Morgan fingerprint density at radius 1 is 1.38 bits per heavy atom. The number of likely N-dealkylation sites (tertiary alicyclic amines) is 1. The Bertz CT molecular complexity index is 724. The van der Waals surface area contributed by atoms with E-state index in [0.717, 1.165) is 43.4 Å². The highest BCUT2D eigenvalue weighted by molar-refractivity contribution is 5.92. The number of rotatable bonds is 5. The van der Waals surface area contributed by atoms with Crippen molar-refractivity contribution < 1.29 is 4.79 Å². The molecule has 0 spiro atoms. The molecule has 24 heavy (non-hydrogen) atoms. The number of aromatic nitrogens is 3. The molecular weight excluding hydrogens is 302 g/mol. The number of aryl methyl sites for hydroxylation is 2. The topological polar surface area (TPSA) is 77.0 Å². The molecular formula is C18H25N5O. The Morgan fingerprint density at radius 2 is 2.21 bits per heavy atom. The van der Waals surface area contributed by atoms with Gasteiger partial charge in [-0.25, -0.2) is 9.67 Å². The van der Waals surface area contributed by atoms with Gasteiger partial charge in [-0.1, -0.05) is 12.1 Å². The minimum Gasteiger partial charge on any atom is -0.366 e. The van der Waals surface area contributed by atoms with Crippen LogP contribution in [0.3, 0.4) is 0 Å². The molecule has 0 radical (unpaired) electrons. The van der Waals surface area contributed by atoms with E-state index in [1.807, 2.05) is 30.7 Å². The average molecular weight is 327 g/mol. The van der Waals surface area contributed by atoms with Gasteiger partial charge < -0.3 is 5.73 Å². The molecule has 0 bridgehead atoms. The summed E-state index contributed by atoms with van der Waals surface area (Å²) >= 11 is 0. The molecule has 2 N–H and O–H groups in total. The van der Waals surface area contributed by atoms with Gasteiger partial charge in [-0.3, -0.25) is 9.69 Å². The van der Waals surface area contributed by atoms with Gasteiger partial charge in [0.15, 0.2) is 0 Å². The highest BCUT2D eigenvalue weighted by Crippen LogP contribution is 2.20.